The fourth-order valence-corrected chi connectivity index (χ4v) is 4.60. The van der Waals surface area contributed by atoms with Crippen LogP contribution < -0.4 is 0 Å². The number of fused-ring (bicyclic) bond motifs is 5. The first-order valence-corrected chi connectivity index (χ1v) is 8.53. The molecule has 1 N–H and O–H groups in total. The van der Waals surface area contributed by atoms with Gasteiger partial charge in [-0.3, -0.25) is 9.69 Å². The molecule has 1 aromatic carbocycles. The van der Waals surface area contributed by atoms with Crippen molar-refractivity contribution in [3.05, 3.63) is 35.5 Å². The Bertz CT molecular complexity index is 843. The molecule has 2 aliphatic heterocycles. The Morgan fingerprint density at radius 3 is 2.88 bits per heavy atom. The number of methoxy groups -OCH3 is 1. The molecule has 0 spiro atoms. The Morgan fingerprint density at radius 2 is 2.16 bits per heavy atom. The van der Waals surface area contributed by atoms with Crippen molar-refractivity contribution in [3.63, 3.8) is 0 Å². The second kappa shape index (κ2) is 6.11. The van der Waals surface area contributed by atoms with Gasteiger partial charge in [0.25, 0.3) is 0 Å². The predicted molar refractivity (Wildman–Crippen MR) is 91.0 cm³/mol. The standard InChI is InChI=1S/C19H20N2O4/c1-25-19(24)14(9-22)13-8-16-18-12(6-7-21(16)17(13)10-23)11-4-2-3-5-15(11)20-18/h2-5,9-10,13-14,16-17,20H,6-8H2,1H3/t13?,14?,16-,17?/m0/s1. The molecule has 4 rings (SSSR count). The third kappa shape index (κ3) is 2.32. The molecule has 3 heterocycles. The highest BCUT2D eigenvalue weighted by atomic mass is 16.5. The van der Waals surface area contributed by atoms with E-state index in [-0.39, 0.29) is 12.0 Å². The smallest absolute Gasteiger partial charge is 0.316 e. The van der Waals surface area contributed by atoms with Gasteiger partial charge in [-0.25, -0.2) is 0 Å². The first-order chi connectivity index (χ1) is 12.2. The van der Waals surface area contributed by atoms with E-state index >= 15 is 0 Å². The van der Waals surface area contributed by atoms with E-state index in [0.29, 0.717) is 12.7 Å². The van der Waals surface area contributed by atoms with Gasteiger partial charge in [-0.1, -0.05) is 18.2 Å². The number of H-pyrrole nitrogens is 1. The number of benzene rings is 1. The Kier molecular flexibility index (Phi) is 3.92. The molecule has 0 bridgehead atoms. The van der Waals surface area contributed by atoms with Crippen molar-refractivity contribution in [1.29, 1.82) is 0 Å². The van der Waals surface area contributed by atoms with Crippen LogP contribution in [0.1, 0.15) is 23.7 Å². The van der Waals surface area contributed by atoms with Crippen molar-refractivity contribution in [3.8, 4) is 0 Å². The number of carbonyl (C=O) groups is 3. The van der Waals surface area contributed by atoms with Crippen molar-refractivity contribution in [1.82, 2.24) is 9.88 Å². The number of esters is 1. The number of ether oxygens (including phenoxy) is 1. The molecule has 0 radical (unpaired) electrons. The fourth-order valence-electron chi connectivity index (χ4n) is 4.60. The van der Waals surface area contributed by atoms with E-state index in [0.717, 1.165) is 30.5 Å². The normalized spacial score (nSPS) is 26.7. The molecule has 25 heavy (non-hydrogen) atoms. The lowest BCUT2D eigenvalue weighted by Crippen LogP contribution is -2.42. The third-order valence-corrected chi connectivity index (χ3v) is 5.74. The van der Waals surface area contributed by atoms with Crippen LogP contribution in [0.5, 0.6) is 0 Å². The van der Waals surface area contributed by atoms with Crippen LogP contribution >= 0.6 is 0 Å². The molecule has 1 fully saturated rings. The van der Waals surface area contributed by atoms with Gasteiger partial charge in [0.15, 0.2) is 0 Å². The van der Waals surface area contributed by atoms with E-state index in [4.69, 9.17) is 4.74 Å². The summed E-state index contributed by atoms with van der Waals surface area (Å²) in [5.41, 5.74) is 3.47. The van der Waals surface area contributed by atoms with Gasteiger partial charge < -0.3 is 19.3 Å². The van der Waals surface area contributed by atoms with Crippen LogP contribution in [0, 0.1) is 11.8 Å². The van der Waals surface area contributed by atoms with Crippen LogP contribution in [0.4, 0.5) is 0 Å². The number of nitrogens with one attached hydrogen (secondary N) is 1. The summed E-state index contributed by atoms with van der Waals surface area (Å²) in [7, 11) is 1.27. The number of rotatable bonds is 4. The summed E-state index contributed by atoms with van der Waals surface area (Å²) in [5, 5.41) is 1.21. The Labute approximate surface area is 145 Å². The van der Waals surface area contributed by atoms with Gasteiger partial charge in [0.2, 0.25) is 0 Å². The number of hydrogen-bond donors (Lipinski definition) is 1. The van der Waals surface area contributed by atoms with E-state index in [1.165, 1.54) is 18.1 Å². The van der Waals surface area contributed by atoms with Crippen LogP contribution in [0.3, 0.4) is 0 Å². The number of carbonyl (C=O) groups excluding carboxylic acids is 3. The molecular weight excluding hydrogens is 320 g/mol. The molecule has 1 saturated heterocycles. The largest absolute Gasteiger partial charge is 0.468 e. The second-order valence-corrected chi connectivity index (χ2v) is 6.78. The zero-order valence-corrected chi connectivity index (χ0v) is 14.0. The van der Waals surface area contributed by atoms with E-state index in [2.05, 4.69) is 16.0 Å². The topological polar surface area (TPSA) is 79.5 Å². The quantitative estimate of drug-likeness (QED) is 0.520. The highest BCUT2D eigenvalue weighted by Crippen LogP contribution is 2.46. The maximum absolute atomic E-state index is 12.0. The predicted octanol–water partition coefficient (Wildman–Crippen LogP) is 1.64. The maximum atomic E-state index is 12.0. The van der Waals surface area contributed by atoms with Gasteiger partial charge in [0.1, 0.15) is 18.5 Å². The van der Waals surface area contributed by atoms with Crippen molar-refractivity contribution >= 4 is 29.4 Å². The van der Waals surface area contributed by atoms with E-state index in [1.807, 2.05) is 18.2 Å². The number of aromatic nitrogens is 1. The minimum Gasteiger partial charge on any atom is -0.468 e. The highest BCUT2D eigenvalue weighted by molar-refractivity contribution is 5.89. The molecule has 0 amide bonds. The Hall–Kier alpha value is -2.47. The van der Waals surface area contributed by atoms with E-state index in [9.17, 15) is 14.4 Å². The molecule has 130 valence electrons. The number of para-hydroxylation sites is 1. The van der Waals surface area contributed by atoms with E-state index in [1.54, 1.807) is 0 Å². The van der Waals surface area contributed by atoms with Gasteiger partial charge in [0, 0.05) is 29.1 Å². The molecular formula is C19H20N2O4. The van der Waals surface area contributed by atoms with Gasteiger partial charge in [-0.15, -0.1) is 0 Å². The number of aldehydes is 2. The summed E-state index contributed by atoms with van der Waals surface area (Å²) in [6.07, 6.45) is 2.92. The van der Waals surface area contributed by atoms with Gasteiger partial charge >= 0.3 is 5.97 Å². The van der Waals surface area contributed by atoms with Crippen molar-refractivity contribution in [2.24, 2.45) is 11.8 Å². The maximum Gasteiger partial charge on any atom is 0.316 e. The first-order valence-electron chi connectivity index (χ1n) is 8.53. The summed E-state index contributed by atoms with van der Waals surface area (Å²) in [4.78, 5) is 40.9. The number of aromatic amines is 1. The summed E-state index contributed by atoms with van der Waals surface area (Å²) in [6.45, 7) is 0.742. The Balaban J connectivity index is 1.75. The molecule has 1 aromatic heterocycles. The summed E-state index contributed by atoms with van der Waals surface area (Å²) in [6, 6.07) is 7.74. The summed E-state index contributed by atoms with van der Waals surface area (Å²) in [5.74, 6) is -1.83. The minimum absolute atomic E-state index is 0.0171. The first kappa shape index (κ1) is 16.0. The second-order valence-electron chi connectivity index (χ2n) is 6.78. The lowest BCUT2D eigenvalue weighted by atomic mass is 9.86. The number of nitrogens with zero attached hydrogens (tertiary/aromatic N) is 1. The average molecular weight is 340 g/mol. The lowest BCUT2D eigenvalue weighted by Gasteiger charge is -2.32. The number of hydrogen-bond acceptors (Lipinski definition) is 5. The molecule has 3 unspecified atom stereocenters. The monoisotopic (exact) mass is 340 g/mol. The SMILES string of the molecule is COC(=O)C(C=O)C1C[C@H]2c3[nH]c4ccccc4c3CCN2C1C=O. The zero-order valence-electron chi connectivity index (χ0n) is 14.0. The van der Waals surface area contributed by atoms with Crippen molar-refractivity contribution in [2.75, 3.05) is 13.7 Å². The minimum atomic E-state index is -0.904. The average Bonchev–Trinajstić information content (AvgIpc) is 3.20. The van der Waals surface area contributed by atoms with Crippen LogP contribution in [0.2, 0.25) is 0 Å². The van der Waals surface area contributed by atoms with Gasteiger partial charge in [0.05, 0.1) is 19.2 Å². The molecule has 2 aromatic rings. The molecule has 6 nitrogen and oxygen atoms in total. The van der Waals surface area contributed by atoms with Crippen LogP contribution in [0.15, 0.2) is 24.3 Å². The van der Waals surface area contributed by atoms with E-state index < -0.39 is 17.9 Å². The summed E-state index contributed by atoms with van der Waals surface area (Å²) < 4.78 is 4.77. The lowest BCUT2D eigenvalue weighted by molar-refractivity contribution is -0.149. The van der Waals surface area contributed by atoms with Crippen molar-refractivity contribution < 1.29 is 19.1 Å². The molecule has 2 aliphatic rings. The molecule has 4 atom stereocenters. The van der Waals surface area contributed by atoms with Gasteiger partial charge in [-0.05, 0) is 24.5 Å². The Morgan fingerprint density at radius 1 is 1.36 bits per heavy atom. The molecule has 6 heteroatoms. The van der Waals surface area contributed by atoms with Crippen LogP contribution in [-0.2, 0) is 25.5 Å². The zero-order chi connectivity index (χ0) is 17.6. The third-order valence-electron chi connectivity index (χ3n) is 5.74. The van der Waals surface area contributed by atoms with Crippen LogP contribution in [0.25, 0.3) is 10.9 Å². The van der Waals surface area contributed by atoms with Crippen molar-refractivity contribution in [2.45, 2.75) is 24.9 Å². The van der Waals surface area contributed by atoms with Gasteiger partial charge in [-0.2, -0.15) is 0 Å². The molecule has 0 aliphatic carbocycles. The molecule has 0 saturated carbocycles. The van der Waals surface area contributed by atoms with Crippen LogP contribution in [-0.4, -0.2) is 48.1 Å². The highest BCUT2D eigenvalue weighted by Gasteiger charge is 2.49. The fraction of sp³-hybridized carbons (Fsp3) is 0.421. The summed E-state index contributed by atoms with van der Waals surface area (Å²) >= 11 is 0.